The first-order chi connectivity index (χ1) is 20.9. The van der Waals surface area contributed by atoms with Gasteiger partial charge in [-0.1, -0.05) is 18.7 Å². The van der Waals surface area contributed by atoms with Gasteiger partial charge < -0.3 is 24.3 Å². The van der Waals surface area contributed by atoms with Crippen LogP contribution in [-0.2, 0) is 4.79 Å². The fourth-order valence-corrected chi connectivity index (χ4v) is 7.12. The Labute approximate surface area is 254 Å². The number of ether oxygens (including phenoxy) is 1. The van der Waals surface area contributed by atoms with Crippen molar-refractivity contribution in [1.82, 2.24) is 14.8 Å². The summed E-state index contributed by atoms with van der Waals surface area (Å²) in [6.45, 7) is 13.6. The highest BCUT2D eigenvalue weighted by molar-refractivity contribution is 7.17. The highest BCUT2D eigenvalue weighted by atomic mass is 32.1. The number of amides is 1. The van der Waals surface area contributed by atoms with Crippen LogP contribution < -0.4 is 9.64 Å². The summed E-state index contributed by atoms with van der Waals surface area (Å²) in [7, 11) is 2.06. The summed E-state index contributed by atoms with van der Waals surface area (Å²) in [6.07, 6.45) is 3.33. The summed E-state index contributed by atoms with van der Waals surface area (Å²) in [5, 5.41) is 13.9. The van der Waals surface area contributed by atoms with Crippen LogP contribution in [0.5, 0.6) is 5.88 Å². The van der Waals surface area contributed by atoms with Crippen LogP contribution in [0, 0.1) is 23.7 Å². The molecule has 0 unspecified atom stereocenters. The van der Waals surface area contributed by atoms with Gasteiger partial charge in [-0.2, -0.15) is 5.26 Å². The standard InChI is InChI=1S/C33H31FN6O2S/c1-4-31(41)40-13-12-39(19-22(40)18-36-2)32-26-15-28(34)25(23-8-5-9-30-24(23)10-14-43-30)16-29(26)37-33(27(32)17-35)42-20-21-7-6-11-38(21)3/h4-5,8-10,14-16,21-22H,1,6-7,11-13,18-20H2,3H3/t21-,22-/m0/s1. The van der Waals surface area contributed by atoms with Crippen LogP contribution in [0.2, 0.25) is 0 Å². The number of carbonyl (C=O) groups is 1. The van der Waals surface area contributed by atoms with E-state index in [1.807, 2.05) is 34.5 Å². The van der Waals surface area contributed by atoms with Gasteiger partial charge in [-0.15, -0.1) is 11.3 Å². The maximum Gasteiger partial charge on any atom is 0.246 e. The van der Waals surface area contributed by atoms with Crippen LogP contribution >= 0.6 is 11.3 Å². The summed E-state index contributed by atoms with van der Waals surface area (Å²) < 4.78 is 23.4. The number of nitriles is 1. The number of piperazine rings is 1. The van der Waals surface area contributed by atoms with E-state index in [9.17, 15) is 10.1 Å². The average Bonchev–Trinajstić information content (AvgIpc) is 3.67. The first-order valence-electron chi connectivity index (χ1n) is 14.3. The van der Waals surface area contributed by atoms with Crippen molar-refractivity contribution >= 4 is 43.9 Å². The quantitative estimate of drug-likeness (QED) is 0.201. The minimum absolute atomic E-state index is 0.0987. The molecule has 218 valence electrons. The molecular weight excluding hydrogens is 563 g/mol. The van der Waals surface area contributed by atoms with Crippen molar-refractivity contribution in [3.63, 3.8) is 0 Å². The number of likely N-dealkylation sites (N-methyl/N-ethyl adjacent to an activating group) is 1. The zero-order valence-corrected chi connectivity index (χ0v) is 24.7. The number of hydrogen-bond donors (Lipinski definition) is 0. The molecule has 4 aromatic rings. The van der Waals surface area contributed by atoms with Crippen LogP contribution in [0.1, 0.15) is 18.4 Å². The number of benzene rings is 2. The molecule has 2 saturated heterocycles. The minimum atomic E-state index is -0.419. The predicted molar refractivity (Wildman–Crippen MR) is 168 cm³/mol. The normalized spacial score (nSPS) is 19.0. The maximum atomic E-state index is 16.1. The number of pyridine rings is 1. The van der Waals surface area contributed by atoms with Gasteiger partial charge in [-0.3, -0.25) is 4.79 Å². The fraction of sp³-hybridized carbons (Fsp3) is 0.333. The molecule has 0 spiro atoms. The molecule has 1 amide bonds. The van der Waals surface area contributed by atoms with Crippen LogP contribution in [0.3, 0.4) is 0 Å². The summed E-state index contributed by atoms with van der Waals surface area (Å²) in [5.41, 5.74) is 2.45. The van der Waals surface area contributed by atoms with E-state index in [1.165, 1.54) is 12.1 Å². The average molecular weight is 595 g/mol. The summed E-state index contributed by atoms with van der Waals surface area (Å²) in [4.78, 5) is 26.8. The van der Waals surface area contributed by atoms with Crippen LogP contribution in [0.4, 0.5) is 10.1 Å². The lowest BCUT2D eigenvalue weighted by atomic mass is 9.98. The van der Waals surface area contributed by atoms with E-state index in [2.05, 4.69) is 29.4 Å². The van der Waals surface area contributed by atoms with E-state index in [0.717, 1.165) is 35.0 Å². The predicted octanol–water partition coefficient (Wildman–Crippen LogP) is 5.72. The van der Waals surface area contributed by atoms with Crippen molar-refractivity contribution in [1.29, 1.82) is 5.26 Å². The topological polar surface area (TPSA) is 77.1 Å². The zero-order chi connectivity index (χ0) is 30.1. The summed E-state index contributed by atoms with van der Waals surface area (Å²) >= 11 is 1.60. The van der Waals surface area contributed by atoms with Crippen molar-refractivity contribution in [3.05, 3.63) is 77.2 Å². The molecule has 8 nitrogen and oxygen atoms in total. The Balaban J connectivity index is 1.50. The molecule has 2 aromatic heterocycles. The van der Waals surface area contributed by atoms with Crippen LogP contribution in [0.15, 0.2) is 54.4 Å². The first kappa shape index (κ1) is 28.6. The molecule has 2 atom stereocenters. The van der Waals surface area contributed by atoms with E-state index in [4.69, 9.17) is 16.3 Å². The van der Waals surface area contributed by atoms with Gasteiger partial charge in [0.05, 0.1) is 11.2 Å². The van der Waals surface area contributed by atoms with Crippen LogP contribution in [-0.4, -0.2) is 79.2 Å². The lowest BCUT2D eigenvalue weighted by Gasteiger charge is -2.40. The molecule has 2 aliphatic heterocycles. The number of nitrogens with zero attached hydrogens (tertiary/aromatic N) is 6. The number of anilines is 1. The van der Waals surface area contributed by atoms with Crippen molar-refractivity contribution in [2.24, 2.45) is 0 Å². The van der Waals surface area contributed by atoms with Gasteiger partial charge in [0.2, 0.25) is 18.3 Å². The molecule has 43 heavy (non-hydrogen) atoms. The SMILES string of the molecule is [C-]#[N+]C[C@H]1CN(c2c(C#N)c(OC[C@@H]3CCCN3C)nc3cc(-c4cccc5sccc45)c(F)cc23)CCN1C(=O)C=C. The van der Waals surface area contributed by atoms with Gasteiger partial charge in [-0.05, 0) is 67.7 Å². The molecule has 0 radical (unpaired) electrons. The van der Waals surface area contributed by atoms with Crippen molar-refractivity contribution in [2.75, 3.05) is 51.3 Å². The molecule has 2 aromatic carbocycles. The summed E-state index contributed by atoms with van der Waals surface area (Å²) in [6, 6.07) is 13.1. The van der Waals surface area contributed by atoms with Crippen LogP contribution in [0.25, 0.3) is 37.0 Å². The molecule has 0 saturated carbocycles. The van der Waals surface area contributed by atoms with E-state index >= 15 is 4.39 Å². The van der Waals surface area contributed by atoms with E-state index in [0.29, 0.717) is 48.4 Å². The summed E-state index contributed by atoms with van der Waals surface area (Å²) in [5.74, 6) is -0.447. The van der Waals surface area contributed by atoms with Gasteiger partial charge in [-0.25, -0.2) is 15.9 Å². The second-order valence-electron chi connectivity index (χ2n) is 11.0. The van der Waals surface area contributed by atoms with Crippen molar-refractivity contribution in [3.8, 4) is 23.1 Å². The number of likely N-dealkylation sites (tertiary alicyclic amines) is 1. The van der Waals surface area contributed by atoms with Gasteiger partial charge in [0, 0.05) is 46.7 Å². The fourth-order valence-electron chi connectivity index (χ4n) is 6.31. The number of thiophene rings is 1. The van der Waals surface area contributed by atoms with Crippen molar-refractivity contribution in [2.45, 2.75) is 24.9 Å². The van der Waals surface area contributed by atoms with Gasteiger partial charge in [0.15, 0.2) is 0 Å². The molecule has 0 bridgehead atoms. The lowest BCUT2D eigenvalue weighted by Crippen LogP contribution is -2.56. The Hall–Kier alpha value is -4.51. The molecule has 0 aliphatic carbocycles. The molecule has 6 rings (SSSR count). The lowest BCUT2D eigenvalue weighted by molar-refractivity contribution is -0.128. The van der Waals surface area contributed by atoms with Gasteiger partial charge in [0.1, 0.15) is 30.1 Å². The number of halogens is 1. The molecule has 10 heteroatoms. The Bertz CT molecular complexity index is 1810. The highest BCUT2D eigenvalue weighted by Crippen LogP contribution is 2.41. The Kier molecular flexibility index (Phi) is 7.98. The Morgan fingerprint density at radius 2 is 2.12 bits per heavy atom. The zero-order valence-electron chi connectivity index (χ0n) is 23.9. The number of fused-ring (bicyclic) bond motifs is 2. The molecule has 0 N–H and O–H groups in total. The Morgan fingerprint density at radius 1 is 1.26 bits per heavy atom. The van der Waals surface area contributed by atoms with E-state index in [-0.39, 0.29) is 29.9 Å². The maximum absolute atomic E-state index is 16.1. The number of hydrogen-bond acceptors (Lipinski definition) is 7. The number of carbonyl (C=O) groups excluding carboxylic acids is 1. The Morgan fingerprint density at radius 3 is 2.86 bits per heavy atom. The van der Waals surface area contributed by atoms with E-state index < -0.39 is 11.9 Å². The third kappa shape index (κ3) is 5.29. The third-order valence-electron chi connectivity index (χ3n) is 8.55. The molecular formula is C33H31FN6O2S. The van der Waals surface area contributed by atoms with E-state index in [1.54, 1.807) is 22.3 Å². The van der Waals surface area contributed by atoms with Gasteiger partial charge >= 0.3 is 0 Å². The monoisotopic (exact) mass is 594 g/mol. The molecule has 2 aliphatic rings. The second-order valence-corrected chi connectivity index (χ2v) is 12.0. The van der Waals surface area contributed by atoms with Gasteiger partial charge in [0.25, 0.3) is 0 Å². The number of rotatable bonds is 7. The number of aromatic nitrogens is 1. The highest BCUT2D eigenvalue weighted by Gasteiger charge is 2.34. The first-order valence-corrected chi connectivity index (χ1v) is 15.2. The largest absolute Gasteiger partial charge is 0.475 e. The second kappa shape index (κ2) is 12.0. The minimum Gasteiger partial charge on any atom is -0.475 e. The van der Waals surface area contributed by atoms with Crippen molar-refractivity contribution < 1.29 is 13.9 Å². The smallest absolute Gasteiger partial charge is 0.246 e. The molecule has 4 heterocycles. The third-order valence-corrected chi connectivity index (χ3v) is 9.44. The molecule has 2 fully saturated rings.